The lowest BCUT2D eigenvalue weighted by Crippen LogP contribution is -2.21. The van der Waals surface area contributed by atoms with Gasteiger partial charge in [-0.25, -0.2) is 0 Å². The maximum absolute atomic E-state index is 9.85. The number of rotatable bonds is 6. The highest BCUT2D eigenvalue weighted by atomic mass is 35.5. The van der Waals surface area contributed by atoms with Crippen molar-refractivity contribution in [2.75, 3.05) is 6.61 Å². The molecule has 0 amide bonds. The predicted octanol–water partition coefficient (Wildman–Crippen LogP) is 5.89. The molecule has 33 heavy (non-hydrogen) atoms. The highest BCUT2D eigenvalue weighted by Crippen LogP contribution is 2.47. The summed E-state index contributed by atoms with van der Waals surface area (Å²) >= 11 is 12.6. The predicted molar refractivity (Wildman–Crippen MR) is 126 cm³/mol. The largest absolute Gasteiger partial charge is 0.508 e. The summed E-state index contributed by atoms with van der Waals surface area (Å²) in [6, 6.07) is 17.6. The van der Waals surface area contributed by atoms with Crippen LogP contribution in [0.5, 0.6) is 23.0 Å². The maximum atomic E-state index is 9.85. The third-order valence-corrected chi connectivity index (χ3v) is 5.70. The lowest BCUT2D eigenvalue weighted by atomic mass is 9.83. The van der Waals surface area contributed by atoms with Crippen LogP contribution in [0.15, 0.2) is 66.1 Å². The Balaban J connectivity index is 1.75. The van der Waals surface area contributed by atoms with Crippen molar-refractivity contribution >= 4 is 23.2 Å². The Morgan fingerprint density at radius 3 is 2.55 bits per heavy atom. The van der Waals surface area contributed by atoms with E-state index in [0.29, 0.717) is 45.0 Å². The summed E-state index contributed by atoms with van der Waals surface area (Å²) in [4.78, 5) is 0. The minimum atomic E-state index is -0.554. The van der Waals surface area contributed by atoms with Gasteiger partial charge < -0.3 is 25.1 Å². The summed E-state index contributed by atoms with van der Waals surface area (Å²) in [5.41, 5.74) is 8.53. The standard InChI is InChI=1S/C25H20Cl2N2O4/c1-2-31-22-10-15(9-20(27)24(22)32-13-14-3-5-16(26)6-4-14)23-18-8-7-17(30)11-21(18)33-25(29)19(23)12-28/h3-11,23,30H,2,13,29H2,1H3/t23-/m1/s1. The van der Waals surface area contributed by atoms with Crippen molar-refractivity contribution in [3.63, 3.8) is 0 Å². The number of allylic oxidation sites excluding steroid dienone is 1. The average molecular weight is 483 g/mol. The van der Waals surface area contributed by atoms with E-state index >= 15 is 0 Å². The molecule has 3 aromatic carbocycles. The van der Waals surface area contributed by atoms with E-state index in [9.17, 15) is 10.4 Å². The molecule has 6 nitrogen and oxygen atoms in total. The average Bonchev–Trinajstić information content (AvgIpc) is 2.78. The van der Waals surface area contributed by atoms with E-state index in [1.807, 2.05) is 19.1 Å². The molecule has 0 spiro atoms. The van der Waals surface area contributed by atoms with Crippen molar-refractivity contribution in [1.82, 2.24) is 0 Å². The summed E-state index contributed by atoms with van der Waals surface area (Å²) in [5.74, 6) is 0.648. The molecule has 8 heteroatoms. The lowest BCUT2D eigenvalue weighted by molar-refractivity contribution is 0.269. The van der Waals surface area contributed by atoms with Crippen LogP contribution < -0.4 is 19.9 Å². The second-order valence-electron chi connectivity index (χ2n) is 7.33. The third-order valence-electron chi connectivity index (χ3n) is 5.16. The normalized spacial score (nSPS) is 14.8. The van der Waals surface area contributed by atoms with Gasteiger partial charge in [-0.2, -0.15) is 5.26 Å². The Bertz CT molecular complexity index is 1270. The fourth-order valence-corrected chi connectivity index (χ4v) is 4.08. The van der Waals surface area contributed by atoms with Crippen LogP contribution in [0, 0.1) is 11.3 Å². The van der Waals surface area contributed by atoms with Crippen molar-refractivity contribution < 1.29 is 19.3 Å². The second kappa shape index (κ2) is 9.53. The van der Waals surface area contributed by atoms with Gasteiger partial charge in [-0.15, -0.1) is 0 Å². The fourth-order valence-electron chi connectivity index (χ4n) is 3.68. The van der Waals surface area contributed by atoms with Gasteiger partial charge in [-0.3, -0.25) is 0 Å². The van der Waals surface area contributed by atoms with E-state index in [-0.39, 0.29) is 23.8 Å². The SMILES string of the molecule is CCOc1cc([C@H]2C(C#N)=C(N)Oc3cc(O)ccc32)cc(Cl)c1OCc1ccc(Cl)cc1. The summed E-state index contributed by atoms with van der Waals surface area (Å²) in [7, 11) is 0. The van der Waals surface area contributed by atoms with Crippen LogP contribution in [0.25, 0.3) is 0 Å². The number of phenolic OH excluding ortho intramolecular Hbond substituents is 1. The molecule has 0 bridgehead atoms. The van der Waals surface area contributed by atoms with Crippen LogP contribution in [0.3, 0.4) is 0 Å². The molecule has 0 fully saturated rings. The van der Waals surface area contributed by atoms with Gasteiger partial charge in [0.2, 0.25) is 5.88 Å². The first kappa shape index (κ1) is 22.7. The Hall–Kier alpha value is -3.53. The topological polar surface area (TPSA) is 97.7 Å². The van der Waals surface area contributed by atoms with Gasteiger partial charge in [0.25, 0.3) is 0 Å². The molecule has 0 unspecified atom stereocenters. The quantitative estimate of drug-likeness (QED) is 0.454. The van der Waals surface area contributed by atoms with E-state index in [1.165, 1.54) is 12.1 Å². The molecule has 1 aliphatic heterocycles. The van der Waals surface area contributed by atoms with Gasteiger partial charge in [0.05, 0.1) is 17.5 Å². The Kier molecular flexibility index (Phi) is 6.55. The van der Waals surface area contributed by atoms with Crippen molar-refractivity contribution in [3.05, 3.63) is 92.8 Å². The van der Waals surface area contributed by atoms with E-state index < -0.39 is 5.92 Å². The van der Waals surface area contributed by atoms with Crippen LogP contribution in [0.1, 0.15) is 29.5 Å². The minimum absolute atomic E-state index is 0.0275. The van der Waals surface area contributed by atoms with Crippen LogP contribution >= 0.6 is 23.2 Å². The van der Waals surface area contributed by atoms with E-state index in [0.717, 1.165) is 5.56 Å². The summed E-state index contributed by atoms with van der Waals surface area (Å²) in [6.45, 7) is 2.51. The molecule has 1 heterocycles. The number of phenols is 1. The van der Waals surface area contributed by atoms with Gasteiger partial charge in [-0.05, 0) is 48.4 Å². The summed E-state index contributed by atoms with van der Waals surface area (Å²) in [6.07, 6.45) is 0. The molecule has 0 radical (unpaired) electrons. The first-order valence-corrected chi connectivity index (χ1v) is 10.9. The molecule has 3 N–H and O–H groups in total. The molecule has 1 atom stereocenters. The molecule has 0 aliphatic carbocycles. The van der Waals surface area contributed by atoms with Crippen LogP contribution in [0.4, 0.5) is 0 Å². The van der Waals surface area contributed by atoms with Gasteiger partial charge in [-0.1, -0.05) is 41.4 Å². The molecule has 1 aliphatic rings. The zero-order chi connectivity index (χ0) is 23.5. The molecule has 0 saturated heterocycles. The third kappa shape index (κ3) is 4.65. The first-order valence-electron chi connectivity index (χ1n) is 10.1. The monoisotopic (exact) mass is 482 g/mol. The number of hydrogen-bond donors (Lipinski definition) is 2. The van der Waals surface area contributed by atoms with Crippen molar-refractivity contribution in [3.8, 4) is 29.1 Å². The van der Waals surface area contributed by atoms with Crippen LogP contribution in [-0.4, -0.2) is 11.7 Å². The van der Waals surface area contributed by atoms with Crippen molar-refractivity contribution in [1.29, 1.82) is 5.26 Å². The molecule has 4 rings (SSSR count). The number of hydrogen-bond acceptors (Lipinski definition) is 6. The first-order chi connectivity index (χ1) is 15.9. The summed E-state index contributed by atoms with van der Waals surface area (Å²) < 4.78 is 17.4. The summed E-state index contributed by atoms with van der Waals surface area (Å²) in [5, 5.41) is 20.6. The zero-order valence-corrected chi connectivity index (χ0v) is 19.2. The number of nitrogens with zero attached hydrogens (tertiary/aromatic N) is 1. The smallest absolute Gasteiger partial charge is 0.205 e. The lowest BCUT2D eigenvalue weighted by Gasteiger charge is -2.27. The van der Waals surface area contributed by atoms with Gasteiger partial charge in [0, 0.05) is 16.7 Å². The number of benzene rings is 3. The number of aromatic hydroxyl groups is 1. The Morgan fingerprint density at radius 1 is 1.09 bits per heavy atom. The Labute approximate surface area is 201 Å². The molecule has 0 saturated carbocycles. The molecular formula is C25H20Cl2N2O4. The number of ether oxygens (including phenoxy) is 3. The van der Waals surface area contributed by atoms with Gasteiger partial charge in [0.15, 0.2) is 11.5 Å². The minimum Gasteiger partial charge on any atom is -0.508 e. The molecule has 168 valence electrons. The van der Waals surface area contributed by atoms with Gasteiger partial charge in [0.1, 0.15) is 29.7 Å². The van der Waals surface area contributed by atoms with E-state index in [2.05, 4.69) is 6.07 Å². The molecular weight excluding hydrogens is 463 g/mol. The highest BCUT2D eigenvalue weighted by molar-refractivity contribution is 6.32. The number of nitriles is 1. The van der Waals surface area contributed by atoms with Crippen molar-refractivity contribution in [2.24, 2.45) is 5.73 Å². The maximum Gasteiger partial charge on any atom is 0.205 e. The molecule has 0 aromatic heterocycles. The Morgan fingerprint density at radius 2 is 1.85 bits per heavy atom. The number of fused-ring (bicyclic) bond motifs is 1. The number of halogens is 2. The van der Waals surface area contributed by atoms with Gasteiger partial charge >= 0.3 is 0 Å². The second-order valence-corrected chi connectivity index (χ2v) is 8.17. The van der Waals surface area contributed by atoms with Crippen LogP contribution in [-0.2, 0) is 6.61 Å². The van der Waals surface area contributed by atoms with Crippen molar-refractivity contribution in [2.45, 2.75) is 19.4 Å². The number of nitrogens with two attached hydrogens (primary N) is 1. The highest BCUT2D eigenvalue weighted by Gasteiger charge is 2.32. The zero-order valence-electron chi connectivity index (χ0n) is 17.6. The van der Waals surface area contributed by atoms with E-state index in [1.54, 1.807) is 30.3 Å². The van der Waals surface area contributed by atoms with Crippen LogP contribution in [0.2, 0.25) is 10.0 Å². The molecule has 3 aromatic rings. The van der Waals surface area contributed by atoms with E-state index in [4.69, 9.17) is 43.1 Å². The fraction of sp³-hybridized carbons (Fsp3) is 0.160.